The fourth-order valence-corrected chi connectivity index (χ4v) is 2.18. The molecule has 4 heteroatoms. The highest BCUT2D eigenvalue weighted by Gasteiger charge is 2.09. The van der Waals surface area contributed by atoms with Gasteiger partial charge < -0.3 is 5.11 Å². The molecular weight excluding hydrogens is 250 g/mol. The highest BCUT2D eigenvalue weighted by Crippen LogP contribution is 2.17. The van der Waals surface area contributed by atoms with Gasteiger partial charge >= 0.3 is 0 Å². The molecule has 3 aromatic rings. The number of hydrogen-bond acceptors (Lipinski definition) is 3. The van der Waals surface area contributed by atoms with Gasteiger partial charge in [-0.2, -0.15) is 0 Å². The van der Waals surface area contributed by atoms with Crippen LogP contribution in [0, 0.1) is 0 Å². The molecule has 0 fully saturated rings. The molecule has 2 heterocycles. The maximum absolute atomic E-state index is 9.64. The van der Waals surface area contributed by atoms with Crippen LogP contribution in [0.5, 0.6) is 5.88 Å². The SMILES string of the molecule is Oc1cc(CCc2ccccn2)n(-c2ccccc2)n1. The van der Waals surface area contributed by atoms with Gasteiger partial charge in [0.15, 0.2) is 0 Å². The van der Waals surface area contributed by atoms with E-state index in [1.165, 1.54) is 0 Å². The molecule has 1 N–H and O–H groups in total. The van der Waals surface area contributed by atoms with E-state index in [4.69, 9.17) is 0 Å². The smallest absolute Gasteiger partial charge is 0.230 e. The summed E-state index contributed by atoms with van der Waals surface area (Å²) in [5, 5.41) is 13.8. The zero-order valence-corrected chi connectivity index (χ0v) is 11.0. The second-order valence-corrected chi connectivity index (χ2v) is 4.56. The van der Waals surface area contributed by atoms with Gasteiger partial charge in [-0.05, 0) is 37.1 Å². The Bertz CT molecular complexity index is 677. The van der Waals surface area contributed by atoms with Gasteiger partial charge in [-0.1, -0.05) is 24.3 Å². The summed E-state index contributed by atoms with van der Waals surface area (Å²) in [6, 6.07) is 17.4. The highest BCUT2D eigenvalue weighted by atomic mass is 16.3. The third-order valence-corrected chi connectivity index (χ3v) is 3.13. The number of benzene rings is 1. The Balaban J connectivity index is 1.84. The van der Waals surface area contributed by atoms with E-state index in [2.05, 4.69) is 10.1 Å². The molecule has 4 nitrogen and oxygen atoms in total. The molecule has 0 saturated heterocycles. The quantitative estimate of drug-likeness (QED) is 0.789. The fraction of sp³-hybridized carbons (Fsp3) is 0.125. The number of hydrogen-bond donors (Lipinski definition) is 1. The molecule has 100 valence electrons. The summed E-state index contributed by atoms with van der Waals surface area (Å²) >= 11 is 0. The standard InChI is InChI=1S/C16H15N3O/c20-16-12-15(10-9-13-6-4-5-11-17-13)19(18-16)14-7-2-1-3-8-14/h1-8,11-12H,9-10H2,(H,18,20). The maximum atomic E-state index is 9.64. The van der Waals surface area contributed by atoms with Gasteiger partial charge in [0.05, 0.1) is 5.69 Å². The van der Waals surface area contributed by atoms with Crippen molar-refractivity contribution in [3.05, 3.63) is 72.2 Å². The van der Waals surface area contributed by atoms with Crippen LogP contribution in [0.3, 0.4) is 0 Å². The molecule has 0 spiro atoms. The largest absolute Gasteiger partial charge is 0.492 e. The molecule has 0 aliphatic carbocycles. The fourth-order valence-electron chi connectivity index (χ4n) is 2.18. The Hall–Kier alpha value is -2.62. The lowest BCUT2D eigenvalue weighted by atomic mass is 10.1. The highest BCUT2D eigenvalue weighted by molar-refractivity contribution is 5.34. The molecule has 0 amide bonds. The molecule has 0 radical (unpaired) electrons. The van der Waals surface area contributed by atoms with Crippen LogP contribution in [0.15, 0.2) is 60.8 Å². The van der Waals surface area contributed by atoms with E-state index in [9.17, 15) is 5.11 Å². The summed E-state index contributed by atoms with van der Waals surface area (Å²) in [4.78, 5) is 4.31. The molecule has 0 unspecified atom stereocenters. The number of nitrogens with zero attached hydrogens (tertiary/aromatic N) is 3. The molecule has 1 aromatic carbocycles. The summed E-state index contributed by atoms with van der Waals surface area (Å²) in [6.07, 6.45) is 3.39. The normalized spacial score (nSPS) is 10.6. The summed E-state index contributed by atoms with van der Waals surface area (Å²) in [5.74, 6) is 0.0462. The third-order valence-electron chi connectivity index (χ3n) is 3.13. The second kappa shape index (κ2) is 5.57. The predicted molar refractivity (Wildman–Crippen MR) is 76.9 cm³/mol. The van der Waals surface area contributed by atoms with Gasteiger partial charge in [-0.25, -0.2) is 4.68 Å². The van der Waals surface area contributed by atoms with Gasteiger partial charge in [-0.3, -0.25) is 4.98 Å². The molecular formula is C16H15N3O. The first-order valence-electron chi connectivity index (χ1n) is 6.56. The van der Waals surface area contributed by atoms with Gasteiger partial charge in [-0.15, -0.1) is 5.10 Å². The van der Waals surface area contributed by atoms with E-state index >= 15 is 0 Å². The van der Waals surface area contributed by atoms with E-state index < -0.39 is 0 Å². The average Bonchev–Trinajstić information content (AvgIpc) is 2.88. The lowest BCUT2D eigenvalue weighted by Gasteiger charge is -2.06. The first kappa shape index (κ1) is 12.4. The Labute approximate surface area is 117 Å². The van der Waals surface area contributed by atoms with Crippen molar-refractivity contribution in [2.75, 3.05) is 0 Å². The van der Waals surface area contributed by atoms with Crippen LogP contribution in [0.4, 0.5) is 0 Å². The van der Waals surface area contributed by atoms with Crippen LogP contribution in [-0.2, 0) is 12.8 Å². The summed E-state index contributed by atoms with van der Waals surface area (Å²) in [5.41, 5.74) is 2.95. The van der Waals surface area contributed by atoms with E-state index in [0.29, 0.717) is 0 Å². The second-order valence-electron chi connectivity index (χ2n) is 4.56. The topological polar surface area (TPSA) is 50.9 Å². The van der Waals surface area contributed by atoms with Gasteiger partial charge in [0, 0.05) is 23.7 Å². The zero-order chi connectivity index (χ0) is 13.8. The first-order valence-corrected chi connectivity index (χ1v) is 6.56. The minimum atomic E-state index is 0.0462. The maximum Gasteiger partial charge on any atom is 0.230 e. The van der Waals surface area contributed by atoms with Crippen molar-refractivity contribution in [3.8, 4) is 11.6 Å². The first-order chi connectivity index (χ1) is 9.83. The van der Waals surface area contributed by atoms with Crippen LogP contribution in [0.25, 0.3) is 5.69 Å². The van der Waals surface area contributed by atoms with Gasteiger partial charge in [0.25, 0.3) is 0 Å². The van der Waals surface area contributed by atoms with Crippen molar-refractivity contribution in [2.45, 2.75) is 12.8 Å². The van der Waals surface area contributed by atoms with E-state index in [1.54, 1.807) is 16.9 Å². The molecule has 2 aromatic heterocycles. The predicted octanol–water partition coefficient (Wildman–Crippen LogP) is 2.76. The van der Waals surface area contributed by atoms with Crippen LogP contribution >= 0.6 is 0 Å². The van der Waals surface area contributed by atoms with Gasteiger partial charge in [0.1, 0.15) is 0 Å². The molecule has 20 heavy (non-hydrogen) atoms. The Morgan fingerprint density at radius 2 is 1.75 bits per heavy atom. The lowest BCUT2D eigenvalue weighted by Crippen LogP contribution is -2.04. The lowest BCUT2D eigenvalue weighted by molar-refractivity contribution is 0.447. The Morgan fingerprint density at radius 3 is 2.50 bits per heavy atom. The van der Waals surface area contributed by atoms with Crippen LogP contribution < -0.4 is 0 Å². The number of rotatable bonds is 4. The van der Waals surface area contributed by atoms with Crippen molar-refractivity contribution in [1.82, 2.24) is 14.8 Å². The molecule has 0 saturated carbocycles. The van der Waals surface area contributed by atoms with Crippen molar-refractivity contribution >= 4 is 0 Å². The van der Waals surface area contributed by atoms with Crippen LogP contribution in [-0.4, -0.2) is 19.9 Å². The molecule has 0 aliphatic rings. The van der Waals surface area contributed by atoms with Crippen LogP contribution in [0.2, 0.25) is 0 Å². The summed E-state index contributed by atoms with van der Waals surface area (Å²) < 4.78 is 1.78. The molecule has 0 atom stereocenters. The van der Waals surface area contributed by atoms with Crippen LogP contribution in [0.1, 0.15) is 11.4 Å². The van der Waals surface area contributed by atoms with Crippen molar-refractivity contribution in [2.24, 2.45) is 0 Å². The number of para-hydroxylation sites is 1. The van der Waals surface area contributed by atoms with Crippen molar-refractivity contribution in [1.29, 1.82) is 0 Å². The number of aromatic hydroxyl groups is 1. The Morgan fingerprint density at radius 1 is 0.950 bits per heavy atom. The van der Waals surface area contributed by atoms with E-state index in [1.807, 2.05) is 48.5 Å². The van der Waals surface area contributed by atoms with E-state index in [-0.39, 0.29) is 5.88 Å². The minimum Gasteiger partial charge on any atom is -0.492 e. The van der Waals surface area contributed by atoms with Gasteiger partial charge in [0.2, 0.25) is 5.88 Å². The number of pyridine rings is 1. The molecule has 3 rings (SSSR count). The minimum absolute atomic E-state index is 0.0462. The average molecular weight is 265 g/mol. The molecule has 0 aliphatic heterocycles. The third kappa shape index (κ3) is 2.69. The molecule has 0 bridgehead atoms. The number of aryl methyl sites for hydroxylation is 2. The van der Waals surface area contributed by atoms with Crippen molar-refractivity contribution < 1.29 is 5.11 Å². The Kier molecular flexibility index (Phi) is 3.46. The van der Waals surface area contributed by atoms with E-state index in [0.717, 1.165) is 29.9 Å². The summed E-state index contributed by atoms with van der Waals surface area (Å²) in [7, 11) is 0. The monoisotopic (exact) mass is 265 g/mol. The summed E-state index contributed by atoms with van der Waals surface area (Å²) in [6.45, 7) is 0. The van der Waals surface area contributed by atoms with Crippen molar-refractivity contribution in [3.63, 3.8) is 0 Å². The number of aromatic nitrogens is 3. The zero-order valence-electron chi connectivity index (χ0n) is 11.0.